The largest absolute Gasteiger partial charge is 0.490 e. The second kappa shape index (κ2) is 9.35. The fourth-order valence-electron chi connectivity index (χ4n) is 2.29. The second-order valence-electron chi connectivity index (χ2n) is 5.74. The number of sulfonamides is 1. The molecule has 26 heavy (non-hydrogen) atoms. The predicted octanol–water partition coefficient (Wildman–Crippen LogP) is 2.46. The summed E-state index contributed by atoms with van der Waals surface area (Å²) in [7, 11) is -2.08. The van der Waals surface area contributed by atoms with Crippen LogP contribution in [0.4, 0.5) is 0 Å². The quantitative estimate of drug-likeness (QED) is 0.536. The van der Waals surface area contributed by atoms with Gasteiger partial charge in [-0.25, -0.2) is 13.1 Å². The molecule has 140 valence electrons. The van der Waals surface area contributed by atoms with Gasteiger partial charge in [-0.15, -0.1) is 0 Å². The Bertz CT molecular complexity index is 831. The zero-order valence-electron chi connectivity index (χ0n) is 14.9. The molecule has 6 nitrogen and oxygen atoms in total. The molecule has 0 saturated carbocycles. The van der Waals surface area contributed by atoms with E-state index < -0.39 is 10.0 Å². The summed E-state index contributed by atoms with van der Waals surface area (Å²) in [4.78, 5) is 12.0. The summed E-state index contributed by atoms with van der Waals surface area (Å²) in [5.74, 6) is 0.433. The lowest BCUT2D eigenvalue weighted by molar-refractivity contribution is -0.144. The first kappa shape index (κ1) is 19.9. The zero-order valence-corrected chi connectivity index (χ0v) is 15.7. The van der Waals surface area contributed by atoms with Gasteiger partial charge in [0, 0.05) is 6.42 Å². The van der Waals surface area contributed by atoms with Gasteiger partial charge in [-0.05, 0) is 55.8 Å². The van der Waals surface area contributed by atoms with Gasteiger partial charge in [0.05, 0.1) is 4.90 Å². The normalized spacial score (nSPS) is 11.2. The lowest BCUT2D eigenvalue weighted by atomic mass is 10.1. The van der Waals surface area contributed by atoms with Gasteiger partial charge >= 0.3 is 5.97 Å². The summed E-state index contributed by atoms with van der Waals surface area (Å²) >= 11 is 0. The molecule has 2 rings (SSSR count). The molecule has 0 heterocycles. The number of rotatable bonds is 9. The Labute approximate surface area is 154 Å². The van der Waals surface area contributed by atoms with Crippen molar-refractivity contribution in [3.05, 3.63) is 59.7 Å². The van der Waals surface area contributed by atoms with Crippen molar-refractivity contribution >= 4 is 16.0 Å². The number of hydrogen-bond acceptors (Lipinski definition) is 5. The van der Waals surface area contributed by atoms with Crippen molar-refractivity contribution in [2.75, 3.05) is 20.3 Å². The number of aryl methyl sites for hydroxylation is 2. The highest BCUT2D eigenvalue weighted by Gasteiger charge is 2.11. The number of hydrogen-bond donors (Lipinski definition) is 1. The average molecular weight is 377 g/mol. The molecular formula is C19H23NO5S. The monoisotopic (exact) mass is 377 g/mol. The van der Waals surface area contributed by atoms with E-state index in [4.69, 9.17) is 9.47 Å². The minimum atomic E-state index is -3.44. The van der Waals surface area contributed by atoms with Crippen molar-refractivity contribution in [1.29, 1.82) is 0 Å². The Morgan fingerprint density at radius 2 is 1.81 bits per heavy atom. The summed E-state index contributed by atoms with van der Waals surface area (Å²) < 4.78 is 36.2. The highest BCUT2D eigenvalue weighted by atomic mass is 32.2. The third-order valence-electron chi connectivity index (χ3n) is 3.72. The lowest BCUT2D eigenvalue weighted by Gasteiger charge is -2.08. The minimum absolute atomic E-state index is 0.187. The third-order valence-corrected chi connectivity index (χ3v) is 5.16. The van der Waals surface area contributed by atoms with Gasteiger partial charge in [0.2, 0.25) is 10.0 Å². The predicted molar refractivity (Wildman–Crippen MR) is 98.6 cm³/mol. The Morgan fingerprint density at radius 1 is 1.08 bits per heavy atom. The van der Waals surface area contributed by atoms with E-state index in [1.807, 2.05) is 31.2 Å². The molecule has 0 aliphatic carbocycles. The number of carbonyl (C=O) groups excluding carboxylic acids is 1. The van der Waals surface area contributed by atoms with Crippen LogP contribution in [-0.2, 0) is 26.0 Å². The van der Waals surface area contributed by atoms with E-state index in [2.05, 4.69) is 4.72 Å². The molecule has 7 heteroatoms. The molecule has 2 aromatic carbocycles. The highest BCUT2D eigenvalue weighted by molar-refractivity contribution is 7.89. The molecule has 0 bridgehead atoms. The Hall–Kier alpha value is -2.38. The van der Waals surface area contributed by atoms with E-state index in [1.54, 1.807) is 12.1 Å². The summed E-state index contributed by atoms with van der Waals surface area (Å²) in [5, 5.41) is 0. The van der Waals surface area contributed by atoms with E-state index in [0.717, 1.165) is 16.9 Å². The lowest BCUT2D eigenvalue weighted by Crippen LogP contribution is -2.18. The van der Waals surface area contributed by atoms with E-state index in [1.165, 1.54) is 19.2 Å². The van der Waals surface area contributed by atoms with Crippen molar-refractivity contribution in [2.24, 2.45) is 0 Å². The van der Waals surface area contributed by atoms with Gasteiger partial charge < -0.3 is 9.47 Å². The van der Waals surface area contributed by atoms with E-state index in [9.17, 15) is 13.2 Å². The molecule has 0 aliphatic rings. The van der Waals surface area contributed by atoms with Crippen molar-refractivity contribution < 1.29 is 22.7 Å². The first-order valence-electron chi connectivity index (χ1n) is 8.28. The van der Waals surface area contributed by atoms with Crippen LogP contribution in [0.3, 0.4) is 0 Å². The molecule has 0 spiro atoms. The second-order valence-corrected chi connectivity index (χ2v) is 7.62. The van der Waals surface area contributed by atoms with Gasteiger partial charge in [-0.1, -0.05) is 24.3 Å². The maximum absolute atomic E-state index is 11.8. The van der Waals surface area contributed by atoms with Crippen LogP contribution in [0, 0.1) is 6.92 Å². The Kier molecular flexibility index (Phi) is 7.17. The fourth-order valence-corrected chi connectivity index (χ4v) is 3.02. The van der Waals surface area contributed by atoms with E-state index in [-0.39, 0.29) is 23.9 Å². The van der Waals surface area contributed by atoms with Gasteiger partial charge in [0.1, 0.15) is 19.0 Å². The molecular weight excluding hydrogens is 354 g/mol. The standard InChI is InChI=1S/C19H23NO5S/c1-15-4-3-5-17(14-15)24-12-13-25-19(21)11-8-16-6-9-18(10-7-16)26(22,23)20-2/h3-7,9-10,14,20H,8,11-13H2,1-2H3. The molecule has 0 radical (unpaired) electrons. The number of esters is 1. The van der Waals surface area contributed by atoms with Crippen molar-refractivity contribution in [2.45, 2.75) is 24.7 Å². The molecule has 0 aliphatic heterocycles. The average Bonchev–Trinajstić information content (AvgIpc) is 2.64. The zero-order chi connectivity index (χ0) is 19.0. The SMILES string of the molecule is CNS(=O)(=O)c1ccc(CCC(=O)OCCOc2cccc(C)c2)cc1. The van der Waals surface area contributed by atoms with Crippen LogP contribution in [0.5, 0.6) is 5.75 Å². The first-order valence-corrected chi connectivity index (χ1v) is 9.76. The molecule has 0 amide bonds. The number of ether oxygens (including phenoxy) is 2. The smallest absolute Gasteiger partial charge is 0.306 e. The van der Waals surface area contributed by atoms with Gasteiger partial charge in [0.25, 0.3) is 0 Å². The summed E-state index contributed by atoms with van der Waals surface area (Å²) in [6.07, 6.45) is 0.708. The van der Waals surface area contributed by atoms with E-state index in [0.29, 0.717) is 13.0 Å². The van der Waals surface area contributed by atoms with Crippen LogP contribution in [0.25, 0.3) is 0 Å². The fraction of sp³-hybridized carbons (Fsp3) is 0.316. The first-order chi connectivity index (χ1) is 12.4. The summed E-state index contributed by atoms with van der Waals surface area (Å²) in [6, 6.07) is 14.1. The van der Waals surface area contributed by atoms with Crippen LogP contribution in [0.1, 0.15) is 17.5 Å². The topological polar surface area (TPSA) is 81.7 Å². The number of nitrogens with one attached hydrogen (secondary N) is 1. The van der Waals surface area contributed by atoms with Crippen molar-refractivity contribution in [3.63, 3.8) is 0 Å². The minimum Gasteiger partial charge on any atom is -0.490 e. The maximum atomic E-state index is 11.8. The number of carbonyl (C=O) groups is 1. The Balaban J connectivity index is 1.70. The third kappa shape index (κ3) is 6.16. The van der Waals surface area contributed by atoms with Crippen LogP contribution in [0.2, 0.25) is 0 Å². The number of benzene rings is 2. The molecule has 0 fully saturated rings. The molecule has 0 unspecified atom stereocenters. The summed E-state index contributed by atoms with van der Waals surface area (Å²) in [6.45, 7) is 2.46. The summed E-state index contributed by atoms with van der Waals surface area (Å²) in [5.41, 5.74) is 1.97. The Morgan fingerprint density at radius 3 is 2.46 bits per heavy atom. The van der Waals surface area contributed by atoms with Gasteiger partial charge in [-0.3, -0.25) is 4.79 Å². The molecule has 0 saturated heterocycles. The van der Waals surface area contributed by atoms with Crippen LogP contribution in [-0.4, -0.2) is 34.6 Å². The van der Waals surface area contributed by atoms with E-state index >= 15 is 0 Å². The molecule has 0 aromatic heterocycles. The van der Waals surface area contributed by atoms with Crippen LogP contribution >= 0.6 is 0 Å². The van der Waals surface area contributed by atoms with Crippen LogP contribution in [0.15, 0.2) is 53.4 Å². The molecule has 1 N–H and O–H groups in total. The van der Waals surface area contributed by atoms with Gasteiger partial charge in [-0.2, -0.15) is 0 Å². The van der Waals surface area contributed by atoms with Crippen molar-refractivity contribution in [1.82, 2.24) is 4.72 Å². The van der Waals surface area contributed by atoms with Gasteiger partial charge in [0.15, 0.2) is 0 Å². The molecule has 0 atom stereocenters. The highest BCUT2D eigenvalue weighted by Crippen LogP contribution is 2.13. The van der Waals surface area contributed by atoms with Crippen molar-refractivity contribution in [3.8, 4) is 5.75 Å². The molecule has 2 aromatic rings. The maximum Gasteiger partial charge on any atom is 0.306 e. The van der Waals surface area contributed by atoms with Crippen LogP contribution < -0.4 is 9.46 Å².